The van der Waals surface area contributed by atoms with Crippen molar-refractivity contribution in [3.8, 4) is 0 Å². The van der Waals surface area contributed by atoms with Gasteiger partial charge in [0.25, 0.3) is 0 Å². The number of hydrogen-bond donors (Lipinski definition) is 0. The van der Waals surface area contributed by atoms with E-state index in [0.717, 1.165) is 18.4 Å². The van der Waals surface area contributed by atoms with E-state index in [0.29, 0.717) is 32.7 Å². The van der Waals surface area contributed by atoms with E-state index in [9.17, 15) is 18.0 Å². The molecule has 3 fully saturated rings. The van der Waals surface area contributed by atoms with Crippen LogP contribution in [0, 0.1) is 5.92 Å². The molecule has 2 amide bonds. The van der Waals surface area contributed by atoms with E-state index in [2.05, 4.69) is 0 Å². The molecule has 8 heteroatoms. The number of carbonyl (C=O) groups is 2. The molecule has 0 aromatic heterocycles. The van der Waals surface area contributed by atoms with Gasteiger partial charge >= 0.3 is 0 Å². The van der Waals surface area contributed by atoms with Crippen molar-refractivity contribution in [3.63, 3.8) is 0 Å². The maximum absolute atomic E-state index is 13.1. The summed E-state index contributed by atoms with van der Waals surface area (Å²) in [6, 6.07) is 9.37. The lowest BCUT2D eigenvalue weighted by Gasteiger charge is -2.31. The molecule has 1 aromatic carbocycles. The molecular formula is C21H28N2O5S. The topological polar surface area (TPSA) is 84.0 Å². The van der Waals surface area contributed by atoms with Crippen molar-refractivity contribution in [2.24, 2.45) is 5.92 Å². The molecule has 2 atom stereocenters. The summed E-state index contributed by atoms with van der Waals surface area (Å²) in [4.78, 5) is 29.1. The number of amides is 2. The zero-order valence-corrected chi connectivity index (χ0v) is 17.4. The van der Waals surface area contributed by atoms with Crippen molar-refractivity contribution in [1.82, 2.24) is 9.80 Å². The van der Waals surface area contributed by atoms with Gasteiger partial charge in [-0.05, 0) is 24.8 Å². The van der Waals surface area contributed by atoms with Gasteiger partial charge in [0.15, 0.2) is 9.84 Å². The van der Waals surface area contributed by atoms with Crippen LogP contribution in [0.5, 0.6) is 0 Å². The standard InChI is InChI=1S/C21H28N2O5S/c24-20-14-17(15-23(20)18-7-11-28-12-8-18)21(25)22-9-6-19(29(26,27)13-10-22)16-4-2-1-3-5-16/h1-5,17-19H,6-15H2/t17-,19+/m1/s1. The average Bonchev–Trinajstić information content (AvgIpc) is 3.04. The highest BCUT2D eigenvalue weighted by atomic mass is 32.2. The molecule has 158 valence electrons. The summed E-state index contributed by atoms with van der Waals surface area (Å²) in [6.45, 7) is 2.34. The second kappa shape index (κ2) is 8.44. The SMILES string of the molecule is O=C([C@@H]1CC(=O)N(C2CCOCC2)C1)N1CC[C@@H](c2ccccc2)S(=O)(=O)CC1. The largest absolute Gasteiger partial charge is 0.381 e. The third-order valence-corrected chi connectivity index (χ3v) is 8.49. The molecule has 1 aromatic rings. The molecule has 3 aliphatic rings. The van der Waals surface area contributed by atoms with Crippen molar-refractivity contribution in [1.29, 1.82) is 0 Å². The Kier molecular flexibility index (Phi) is 5.92. The van der Waals surface area contributed by atoms with Crippen LogP contribution in [0.15, 0.2) is 30.3 Å². The first-order chi connectivity index (χ1) is 14.0. The Hall–Kier alpha value is -1.93. The highest BCUT2D eigenvalue weighted by Gasteiger charge is 2.41. The molecule has 0 aliphatic carbocycles. The fourth-order valence-electron chi connectivity index (χ4n) is 4.71. The number of hydrogen-bond acceptors (Lipinski definition) is 5. The summed E-state index contributed by atoms with van der Waals surface area (Å²) < 4.78 is 31.0. The summed E-state index contributed by atoms with van der Waals surface area (Å²) >= 11 is 0. The Morgan fingerprint density at radius 2 is 1.76 bits per heavy atom. The van der Waals surface area contributed by atoms with Crippen LogP contribution in [-0.2, 0) is 24.2 Å². The van der Waals surface area contributed by atoms with Crippen LogP contribution in [0.25, 0.3) is 0 Å². The van der Waals surface area contributed by atoms with Gasteiger partial charge in [-0.1, -0.05) is 30.3 Å². The Labute approximate surface area is 171 Å². The lowest BCUT2D eigenvalue weighted by atomic mass is 10.1. The van der Waals surface area contributed by atoms with Crippen LogP contribution in [0.4, 0.5) is 0 Å². The average molecular weight is 421 g/mol. The number of sulfone groups is 1. The molecule has 3 heterocycles. The third kappa shape index (κ3) is 4.33. The highest BCUT2D eigenvalue weighted by Crippen LogP contribution is 2.31. The molecule has 0 bridgehead atoms. The second-order valence-electron chi connectivity index (χ2n) is 8.17. The maximum atomic E-state index is 13.1. The molecule has 29 heavy (non-hydrogen) atoms. The van der Waals surface area contributed by atoms with Gasteiger partial charge in [-0.2, -0.15) is 0 Å². The van der Waals surface area contributed by atoms with Crippen LogP contribution >= 0.6 is 0 Å². The van der Waals surface area contributed by atoms with E-state index in [4.69, 9.17) is 4.74 Å². The van der Waals surface area contributed by atoms with Gasteiger partial charge in [0.2, 0.25) is 11.8 Å². The fraction of sp³-hybridized carbons (Fsp3) is 0.619. The van der Waals surface area contributed by atoms with Gasteiger partial charge in [-0.3, -0.25) is 9.59 Å². The van der Waals surface area contributed by atoms with Crippen molar-refractivity contribution in [3.05, 3.63) is 35.9 Å². The van der Waals surface area contributed by atoms with Crippen molar-refractivity contribution >= 4 is 21.7 Å². The van der Waals surface area contributed by atoms with Crippen molar-refractivity contribution in [2.45, 2.75) is 37.0 Å². The number of carbonyl (C=O) groups excluding carboxylic acids is 2. The summed E-state index contributed by atoms with van der Waals surface area (Å²) in [7, 11) is -3.33. The highest BCUT2D eigenvalue weighted by molar-refractivity contribution is 7.91. The summed E-state index contributed by atoms with van der Waals surface area (Å²) in [5, 5.41) is -0.578. The maximum Gasteiger partial charge on any atom is 0.228 e. The van der Waals surface area contributed by atoms with Crippen molar-refractivity contribution < 1.29 is 22.7 Å². The molecular weight excluding hydrogens is 392 g/mol. The normalized spacial score (nSPS) is 28.3. The second-order valence-corrected chi connectivity index (χ2v) is 10.5. The number of ether oxygens (including phenoxy) is 1. The smallest absolute Gasteiger partial charge is 0.228 e. The van der Waals surface area contributed by atoms with E-state index >= 15 is 0 Å². The molecule has 4 rings (SSSR count). The van der Waals surface area contributed by atoms with Gasteiger partial charge in [0.05, 0.1) is 16.9 Å². The first kappa shape index (κ1) is 20.3. The molecule has 3 saturated heterocycles. The van der Waals surface area contributed by atoms with Crippen molar-refractivity contribution in [2.75, 3.05) is 38.6 Å². The van der Waals surface area contributed by atoms with Gasteiger partial charge in [-0.25, -0.2) is 8.42 Å². The van der Waals surface area contributed by atoms with E-state index in [1.807, 2.05) is 35.2 Å². The lowest BCUT2D eigenvalue weighted by Crippen LogP contribution is -2.42. The van der Waals surface area contributed by atoms with E-state index in [1.165, 1.54) is 0 Å². The van der Waals surface area contributed by atoms with E-state index in [1.54, 1.807) is 4.90 Å². The zero-order chi connectivity index (χ0) is 20.4. The molecule has 7 nitrogen and oxygen atoms in total. The first-order valence-corrected chi connectivity index (χ1v) is 12.1. The summed E-state index contributed by atoms with van der Waals surface area (Å²) in [5.74, 6) is -0.471. The molecule has 0 unspecified atom stereocenters. The van der Waals surface area contributed by atoms with Crippen LogP contribution in [-0.4, -0.2) is 74.7 Å². The first-order valence-electron chi connectivity index (χ1n) is 10.4. The zero-order valence-electron chi connectivity index (χ0n) is 16.5. The third-order valence-electron chi connectivity index (χ3n) is 6.36. The molecule has 0 saturated carbocycles. The molecule has 3 aliphatic heterocycles. The minimum atomic E-state index is -3.33. The predicted molar refractivity (Wildman–Crippen MR) is 108 cm³/mol. The minimum absolute atomic E-state index is 0.0276. The fourth-order valence-corrected chi connectivity index (χ4v) is 6.51. The van der Waals surface area contributed by atoms with E-state index in [-0.39, 0.29) is 42.5 Å². The van der Waals surface area contributed by atoms with Gasteiger partial charge < -0.3 is 14.5 Å². The van der Waals surface area contributed by atoms with Crippen LogP contribution in [0.3, 0.4) is 0 Å². The number of nitrogens with zero attached hydrogens (tertiary/aromatic N) is 2. The quantitative estimate of drug-likeness (QED) is 0.738. The van der Waals surface area contributed by atoms with Gasteiger partial charge in [-0.15, -0.1) is 0 Å². The van der Waals surface area contributed by atoms with Crippen LogP contribution < -0.4 is 0 Å². The minimum Gasteiger partial charge on any atom is -0.381 e. The van der Waals surface area contributed by atoms with Crippen LogP contribution in [0.2, 0.25) is 0 Å². The molecule has 0 spiro atoms. The van der Waals surface area contributed by atoms with Gasteiger partial charge in [0.1, 0.15) is 0 Å². The number of rotatable bonds is 3. The van der Waals surface area contributed by atoms with Gasteiger partial charge in [0, 0.05) is 45.3 Å². The Balaban J connectivity index is 1.43. The lowest BCUT2D eigenvalue weighted by molar-refractivity contribution is -0.135. The number of benzene rings is 1. The Morgan fingerprint density at radius 3 is 2.48 bits per heavy atom. The summed E-state index contributed by atoms with van der Waals surface area (Å²) in [5.41, 5.74) is 0.781. The van der Waals surface area contributed by atoms with Crippen LogP contribution in [0.1, 0.15) is 36.5 Å². The molecule has 0 radical (unpaired) electrons. The Morgan fingerprint density at radius 1 is 1.03 bits per heavy atom. The number of likely N-dealkylation sites (tertiary alicyclic amines) is 1. The Bertz CT molecular complexity index is 851. The van der Waals surface area contributed by atoms with E-state index < -0.39 is 15.1 Å². The summed E-state index contributed by atoms with van der Waals surface area (Å²) in [6.07, 6.45) is 2.24. The molecule has 0 N–H and O–H groups in total. The predicted octanol–water partition coefficient (Wildman–Crippen LogP) is 1.40. The monoisotopic (exact) mass is 420 g/mol.